The van der Waals surface area contributed by atoms with Gasteiger partial charge in [-0.2, -0.15) is 0 Å². The summed E-state index contributed by atoms with van der Waals surface area (Å²) in [7, 11) is 1.65. The molecule has 0 heterocycles. The molecule has 0 radical (unpaired) electrons. The second-order valence-corrected chi connectivity index (χ2v) is 4.61. The number of methoxy groups -OCH3 is 1. The number of rotatable bonds is 6. The number of hydrogen-bond acceptors (Lipinski definition) is 2. The maximum Gasteiger partial charge on any atom is 0.146 e. The zero-order chi connectivity index (χ0) is 11.3. The maximum atomic E-state index is 5.98. The first-order valence-corrected chi connectivity index (χ1v) is 6.05. The summed E-state index contributed by atoms with van der Waals surface area (Å²) in [6, 6.07) is 0. The maximum absolute atomic E-state index is 5.98. The van der Waals surface area contributed by atoms with E-state index in [1.165, 1.54) is 24.0 Å². The molecular formula is C12H21ClO2. The highest BCUT2D eigenvalue weighted by Crippen LogP contribution is 2.37. The Morgan fingerprint density at radius 2 is 2.27 bits per heavy atom. The van der Waals surface area contributed by atoms with Crippen LogP contribution in [0.4, 0.5) is 0 Å². The van der Waals surface area contributed by atoms with Crippen LogP contribution >= 0.6 is 11.6 Å². The molecule has 0 aromatic rings. The van der Waals surface area contributed by atoms with E-state index in [0.717, 1.165) is 6.61 Å². The fourth-order valence-electron chi connectivity index (χ4n) is 2.30. The van der Waals surface area contributed by atoms with Crippen LogP contribution in [-0.2, 0) is 9.47 Å². The Bertz CT molecular complexity index is 226. The SMILES string of the molecule is COCOC[C@@H](C)[C@H]1CCC(C)=C1CCl. The summed E-state index contributed by atoms with van der Waals surface area (Å²) in [6.07, 6.45) is 2.42. The highest BCUT2D eigenvalue weighted by Gasteiger charge is 2.27. The van der Waals surface area contributed by atoms with Crippen molar-refractivity contribution >= 4 is 11.6 Å². The van der Waals surface area contributed by atoms with Gasteiger partial charge in [0.1, 0.15) is 6.79 Å². The van der Waals surface area contributed by atoms with Crippen molar-refractivity contribution in [3.63, 3.8) is 0 Å². The van der Waals surface area contributed by atoms with Gasteiger partial charge in [-0.1, -0.05) is 18.1 Å². The zero-order valence-electron chi connectivity index (χ0n) is 9.88. The van der Waals surface area contributed by atoms with Gasteiger partial charge in [0.25, 0.3) is 0 Å². The molecule has 2 atom stereocenters. The van der Waals surface area contributed by atoms with Gasteiger partial charge in [0.05, 0.1) is 6.61 Å². The Balaban J connectivity index is 2.43. The lowest BCUT2D eigenvalue weighted by Gasteiger charge is -2.21. The Kier molecular flexibility index (Phi) is 5.65. The molecular weight excluding hydrogens is 212 g/mol. The van der Waals surface area contributed by atoms with E-state index in [9.17, 15) is 0 Å². The smallest absolute Gasteiger partial charge is 0.146 e. The first-order valence-electron chi connectivity index (χ1n) is 5.51. The Labute approximate surface area is 97.6 Å². The standard InChI is InChI=1S/C12H21ClO2/c1-9-4-5-11(12(9)6-13)10(2)7-15-8-14-3/h10-11H,4-8H2,1-3H3/t10-,11-/m1/s1. The predicted molar refractivity (Wildman–Crippen MR) is 63.1 cm³/mol. The van der Waals surface area contributed by atoms with E-state index in [4.69, 9.17) is 21.1 Å². The van der Waals surface area contributed by atoms with E-state index in [2.05, 4.69) is 13.8 Å². The molecule has 0 unspecified atom stereocenters. The van der Waals surface area contributed by atoms with Crippen LogP contribution in [0.5, 0.6) is 0 Å². The summed E-state index contributed by atoms with van der Waals surface area (Å²) in [5.41, 5.74) is 2.92. The van der Waals surface area contributed by atoms with Gasteiger partial charge >= 0.3 is 0 Å². The van der Waals surface area contributed by atoms with E-state index in [-0.39, 0.29) is 0 Å². The third-order valence-electron chi connectivity index (χ3n) is 3.24. The molecule has 2 nitrogen and oxygen atoms in total. The van der Waals surface area contributed by atoms with Crippen LogP contribution in [-0.4, -0.2) is 26.4 Å². The Morgan fingerprint density at radius 3 is 2.87 bits per heavy atom. The Hall–Kier alpha value is -0.0500. The molecule has 0 bridgehead atoms. The molecule has 0 saturated carbocycles. The molecule has 88 valence electrons. The van der Waals surface area contributed by atoms with Crippen molar-refractivity contribution in [3.05, 3.63) is 11.1 Å². The summed E-state index contributed by atoms with van der Waals surface area (Å²) < 4.78 is 10.3. The van der Waals surface area contributed by atoms with Gasteiger partial charge in [0.2, 0.25) is 0 Å². The molecule has 15 heavy (non-hydrogen) atoms. The monoisotopic (exact) mass is 232 g/mol. The second-order valence-electron chi connectivity index (χ2n) is 4.34. The zero-order valence-corrected chi connectivity index (χ0v) is 10.6. The van der Waals surface area contributed by atoms with Gasteiger partial charge in [-0.15, -0.1) is 11.6 Å². The number of allylic oxidation sites excluding steroid dienone is 2. The van der Waals surface area contributed by atoms with Gasteiger partial charge in [0, 0.05) is 13.0 Å². The summed E-state index contributed by atoms with van der Waals surface area (Å²) in [5, 5.41) is 0. The van der Waals surface area contributed by atoms with Crippen molar-refractivity contribution < 1.29 is 9.47 Å². The highest BCUT2D eigenvalue weighted by molar-refractivity contribution is 6.19. The van der Waals surface area contributed by atoms with Crippen molar-refractivity contribution in [2.24, 2.45) is 11.8 Å². The van der Waals surface area contributed by atoms with Gasteiger partial charge in [-0.25, -0.2) is 0 Å². The van der Waals surface area contributed by atoms with Crippen molar-refractivity contribution in [2.75, 3.05) is 26.4 Å². The van der Waals surface area contributed by atoms with E-state index in [0.29, 0.717) is 24.5 Å². The minimum Gasteiger partial charge on any atom is -0.359 e. The molecule has 1 rings (SSSR count). The van der Waals surface area contributed by atoms with Crippen molar-refractivity contribution in [2.45, 2.75) is 26.7 Å². The fraction of sp³-hybridized carbons (Fsp3) is 0.833. The molecule has 0 aromatic heterocycles. The topological polar surface area (TPSA) is 18.5 Å². The van der Waals surface area contributed by atoms with Crippen LogP contribution in [0.2, 0.25) is 0 Å². The van der Waals surface area contributed by atoms with Gasteiger partial charge in [0.15, 0.2) is 0 Å². The normalized spacial score (nSPS) is 23.6. The first kappa shape index (κ1) is 13.0. The van der Waals surface area contributed by atoms with Crippen molar-refractivity contribution in [1.29, 1.82) is 0 Å². The third-order valence-corrected chi connectivity index (χ3v) is 3.53. The van der Waals surface area contributed by atoms with Gasteiger partial charge < -0.3 is 9.47 Å². The summed E-state index contributed by atoms with van der Waals surface area (Å²) >= 11 is 5.98. The van der Waals surface area contributed by atoms with Crippen LogP contribution in [0, 0.1) is 11.8 Å². The lowest BCUT2D eigenvalue weighted by Crippen LogP contribution is -2.18. The van der Waals surface area contributed by atoms with Gasteiger partial charge in [-0.3, -0.25) is 0 Å². The minimum atomic E-state index is 0.385. The van der Waals surface area contributed by atoms with Crippen molar-refractivity contribution in [1.82, 2.24) is 0 Å². The summed E-state index contributed by atoms with van der Waals surface area (Å²) in [4.78, 5) is 0. The molecule has 0 amide bonds. The lowest BCUT2D eigenvalue weighted by molar-refractivity contribution is -0.0459. The van der Waals surface area contributed by atoms with E-state index < -0.39 is 0 Å². The average molecular weight is 233 g/mol. The number of hydrogen-bond donors (Lipinski definition) is 0. The summed E-state index contributed by atoms with van der Waals surface area (Å²) in [6.45, 7) is 5.56. The summed E-state index contributed by atoms with van der Waals surface area (Å²) in [5.74, 6) is 1.82. The van der Waals surface area contributed by atoms with E-state index >= 15 is 0 Å². The van der Waals surface area contributed by atoms with Crippen molar-refractivity contribution in [3.8, 4) is 0 Å². The number of alkyl halides is 1. The molecule has 1 aliphatic carbocycles. The highest BCUT2D eigenvalue weighted by atomic mass is 35.5. The van der Waals surface area contributed by atoms with Gasteiger partial charge in [-0.05, 0) is 31.6 Å². The van der Waals surface area contributed by atoms with Crippen LogP contribution in [0.3, 0.4) is 0 Å². The lowest BCUT2D eigenvalue weighted by atomic mass is 9.89. The molecule has 0 aliphatic heterocycles. The number of ether oxygens (including phenoxy) is 2. The fourth-order valence-corrected chi connectivity index (χ4v) is 2.72. The largest absolute Gasteiger partial charge is 0.359 e. The van der Waals surface area contributed by atoms with E-state index in [1.54, 1.807) is 7.11 Å². The Morgan fingerprint density at radius 1 is 1.53 bits per heavy atom. The van der Waals surface area contributed by atoms with Crippen LogP contribution in [0.1, 0.15) is 26.7 Å². The second kappa shape index (κ2) is 6.51. The first-order chi connectivity index (χ1) is 7.20. The number of halogens is 1. The molecule has 0 fully saturated rings. The molecule has 0 saturated heterocycles. The molecule has 0 spiro atoms. The van der Waals surface area contributed by atoms with Crippen LogP contribution < -0.4 is 0 Å². The molecule has 0 N–H and O–H groups in total. The van der Waals surface area contributed by atoms with Crippen LogP contribution in [0.25, 0.3) is 0 Å². The average Bonchev–Trinajstić information content (AvgIpc) is 2.59. The third kappa shape index (κ3) is 3.47. The minimum absolute atomic E-state index is 0.385. The predicted octanol–water partition coefficient (Wildman–Crippen LogP) is 3.21. The molecule has 1 aliphatic rings. The van der Waals surface area contributed by atoms with Crippen LogP contribution in [0.15, 0.2) is 11.1 Å². The quantitative estimate of drug-likeness (QED) is 0.303. The van der Waals surface area contributed by atoms with E-state index in [1.807, 2.05) is 0 Å². The molecule has 0 aromatic carbocycles. The molecule has 3 heteroatoms.